The number of amides is 1. The Morgan fingerprint density at radius 2 is 2.20 bits per heavy atom. The third kappa shape index (κ3) is 1.98. The zero-order valence-electron chi connectivity index (χ0n) is 8.47. The van der Waals surface area contributed by atoms with Gasteiger partial charge in [0.25, 0.3) is 0 Å². The van der Waals surface area contributed by atoms with Gasteiger partial charge in [0, 0.05) is 12.5 Å². The average Bonchev–Trinajstić information content (AvgIpc) is 2.62. The zero-order valence-corrected chi connectivity index (χ0v) is 10.1. The van der Waals surface area contributed by atoms with Gasteiger partial charge in [-0.3, -0.25) is 4.79 Å². The Morgan fingerprint density at radius 1 is 1.53 bits per heavy atom. The molecular weight excluding hydrogens is 240 g/mol. The van der Waals surface area contributed by atoms with E-state index < -0.39 is 10.0 Å². The maximum atomic E-state index is 11.6. The molecule has 0 spiro atoms. The molecule has 15 heavy (non-hydrogen) atoms. The normalized spacial score (nSPS) is 30.2. The number of fused-ring (bicyclic) bond motifs is 1. The van der Waals surface area contributed by atoms with Crippen LogP contribution >= 0.6 is 12.4 Å². The van der Waals surface area contributed by atoms with E-state index in [-0.39, 0.29) is 36.2 Å². The van der Waals surface area contributed by atoms with Crippen molar-refractivity contribution in [3.8, 4) is 0 Å². The second-order valence-corrected chi connectivity index (χ2v) is 5.85. The van der Waals surface area contributed by atoms with E-state index in [9.17, 15) is 13.2 Å². The number of halogens is 1. The highest BCUT2D eigenvalue weighted by Gasteiger charge is 2.47. The Balaban J connectivity index is 0.00000112. The SMILES string of the molecule is CCS(=O)(=O)N1C(=O)CC2NCCC21.Cl. The summed E-state index contributed by atoms with van der Waals surface area (Å²) >= 11 is 0. The number of hydrogen-bond donors (Lipinski definition) is 1. The van der Waals surface area contributed by atoms with Crippen LogP contribution in [0, 0.1) is 0 Å². The lowest BCUT2D eigenvalue weighted by atomic mass is 10.1. The molecule has 2 unspecified atom stereocenters. The van der Waals surface area contributed by atoms with Gasteiger partial charge in [0.1, 0.15) is 0 Å². The average molecular weight is 255 g/mol. The standard InChI is InChI=1S/C8H14N2O3S.ClH/c1-2-14(12,13)10-7-3-4-9-6(7)5-8(10)11;/h6-7,9H,2-5H2,1H3;1H. The summed E-state index contributed by atoms with van der Waals surface area (Å²) in [6.45, 7) is 2.37. The Kier molecular flexibility index (Phi) is 3.63. The smallest absolute Gasteiger partial charge is 0.238 e. The Labute approximate surface area is 95.7 Å². The summed E-state index contributed by atoms with van der Waals surface area (Å²) in [4.78, 5) is 11.5. The fourth-order valence-electron chi connectivity index (χ4n) is 2.21. The lowest BCUT2D eigenvalue weighted by Gasteiger charge is -2.22. The molecule has 0 saturated carbocycles. The zero-order chi connectivity index (χ0) is 10.3. The predicted molar refractivity (Wildman–Crippen MR) is 58.4 cm³/mol. The van der Waals surface area contributed by atoms with Crippen LogP contribution in [0.1, 0.15) is 19.8 Å². The van der Waals surface area contributed by atoms with Gasteiger partial charge in [0.2, 0.25) is 15.9 Å². The molecule has 0 aromatic rings. The monoisotopic (exact) mass is 254 g/mol. The molecule has 0 radical (unpaired) electrons. The number of carbonyl (C=O) groups is 1. The molecule has 2 atom stereocenters. The highest BCUT2D eigenvalue weighted by molar-refractivity contribution is 7.89. The Hall–Kier alpha value is -0.330. The van der Waals surface area contributed by atoms with Crippen LogP contribution in [0.3, 0.4) is 0 Å². The molecule has 2 heterocycles. The van der Waals surface area contributed by atoms with Crippen molar-refractivity contribution < 1.29 is 13.2 Å². The number of nitrogens with zero attached hydrogens (tertiary/aromatic N) is 1. The minimum absolute atomic E-state index is 0. The van der Waals surface area contributed by atoms with Gasteiger partial charge in [-0.1, -0.05) is 0 Å². The Bertz CT molecular complexity index is 357. The van der Waals surface area contributed by atoms with E-state index in [1.807, 2.05) is 0 Å². The van der Waals surface area contributed by atoms with Gasteiger partial charge in [-0.15, -0.1) is 12.4 Å². The third-order valence-electron chi connectivity index (χ3n) is 2.92. The van der Waals surface area contributed by atoms with Crippen molar-refractivity contribution >= 4 is 28.3 Å². The molecule has 2 aliphatic heterocycles. The first-order chi connectivity index (χ1) is 6.56. The summed E-state index contributed by atoms with van der Waals surface area (Å²) in [5.41, 5.74) is 0. The maximum absolute atomic E-state index is 11.6. The Morgan fingerprint density at radius 3 is 2.80 bits per heavy atom. The molecule has 88 valence electrons. The van der Waals surface area contributed by atoms with Crippen molar-refractivity contribution in [2.45, 2.75) is 31.8 Å². The summed E-state index contributed by atoms with van der Waals surface area (Å²) in [7, 11) is -3.36. The first kappa shape index (κ1) is 12.7. The molecular formula is C8H15ClN2O3S. The second kappa shape index (κ2) is 4.27. The maximum Gasteiger partial charge on any atom is 0.238 e. The number of nitrogens with one attached hydrogen (secondary N) is 1. The van der Waals surface area contributed by atoms with Gasteiger partial charge in [-0.2, -0.15) is 0 Å². The molecule has 0 aromatic heterocycles. The van der Waals surface area contributed by atoms with Crippen LogP contribution in [0.4, 0.5) is 0 Å². The topological polar surface area (TPSA) is 66.5 Å². The summed E-state index contributed by atoms with van der Waals surface area (Å²) in [5.74, 6) is -0.254. The molecule has 1 amide bonds. The molecule has 1 N–H and O–H groups in total. The van der Waals surface area contributed by atoms with Crippen molar-refractivity contribution in [2.75, 3.05) is 12.3 Å². The fraction of sp³-hybridized carbons (Fsp3) is 0.875. The summed E-state index contributed by atoms with van der Waals surface area (Å²) in [6.07, 6.45) is 1.07. The molecule has 0 bridgehead atoms. The van der Waals surface area contributed by atoms with Gasteiger partial charge in [-0.05, 0) is 19.9 Å². The van der Waals surface area contributed by atoms with E-state index in [4.69, 9.17) is 0 Å². The van der Waals surface area contributed by atoms with E-state index in [1.54, 1.807) is 6.92 Å². The van der Waals surface area contributed by atoms with Crippen molar-refractivity contribution in [3.63, 3.8) is 0 Å². The molecule has 7 heteroatoms. The number of sulfonamides is 1. The molecule has 5 nitrogen and oxygen atoms in total. The number of hydrogen-bond acceptors (Lipinski definition) is 4. The van der Waals surface area contributed by atoms with Gasteiger partial charge in [-0.25, -0.2) is 12.7 Å². The van der Waals surface area contributed by atoms with Crippen molar-refractivity contribution in [2.24, 2.45) is 0 Å². The second-order valence-electron chi connectivity index (χ2n) is 3.71. The van der Waals surface area contributed by atoms with Gasteiger partial charge < -0.3 is 5.32 Å². The summed E-state index contributed by atoms with van der Waals surface area (Å²) in [6, 6.07) is -0.0868. The molecule has 2 aliphatic rings. The van der Waals surface area contributed by atoms with Crippen LogP contribution in [0.15, 0.2) is 0 Å². The van der Waals surface area contributed by atoms with Crippen LogP contribution in [0.2, 0.25) is 0 Å². The van der Waals surface area contributed by atoms with Crippen LogP contribution in [-0.2, 0) is 14.8 Å². The lowest BCUT2D eigenvalue weighted by molar-refractivity contribution is -0.124. The van der Waals surface area contributed by atoms with Crippen LogP contribution < -0.4 is 5.32 Å². The van der Waals surface area contributed by atoms with Crippen LogP contribution in [0.5, 0.6) is 0 Å². The van der Waals surface area contributed by atoms with Gasteiger partial charge in [0.15, 0.2) is 0 Å². The van der Waals surface area contributed by atoms with Gasteiger partial charge >= 0.3 is 0 Å². The molecule has 2 saturated heterocycles. The quantitative estimate of drug-likeness (QED) is 0.736. The number of rotatable bonds is 2. The fourth-order valence-corrected chi connectivity index (χ4v) is 3.53. The van der Waals surface area contributed by atoms with E-state index in [0.29, 0.717) is 6.42 Å². The molecule has 0 aromatic carbocycles. The third-order valence-corrected chi connectivity index (χ3v) is 4.72. The largest absolute Gasteiger partial charge is 0.311 e. The van der Waals surface area contributed by atoms with Crippen molar-refractivity contribution in [1.82, 2.24) is 9.62 Å². The summed E-state index contributed by atoms with van der Waals surface area (Å²) < 4.78 is 24.4. The minimum atomic E-state index is -3.36. The molecule has 2 rings (SSSR count). The van der Waals surface area contributed by atoms with E-state index in [2.05, 4.69) is 5.32 Å². The number of carbonyl (C=O) groups excluding carboxylic acids is 1. The van der Waals surface area contributed by atoms with Crippen molar-refractivity contribution in [3.05, 3.63) is 0 Å². The first-order valence-corrected chi connectivity index (χ1v) is 6.45. The predicted octanol–water partition coefficient (Wildman–Crippen LogP) is -0.279. The van der Waals surface area contributed by atoms with Crippen LogP contribution in [-0.4, -0.2) is 43.0 Å². The van der Waals surface area contributed by atoms with Gasteiger partial charge in [0.05, 0.1) is 11.8 Å². The summed E-state index contributed by atoms with van der Waals surface area (Å²) in [5, 5.41) is 3.15. The van der Waals surface area contributed by atoms with E-state index >= 15 is 0 Å². The van der Waals surface area contributed by atoms with Crippen molar-refractivity contribution in [1.29, 1.82) is 0 Å². The molecule has 2 fully saturated rings. The highest BCUT2D eigenvalue weighted by atomic mass is 35.5. The van der Waals surface area contributed by atoms with Crippen LogP contribution in [0.25, 0.3) is 0 Å². The van der Waals surface area contributed by atoms with E-state index in [0.717, 1.165) is 17.3 Å². The highest BCUT2D eigenvalue weighted by Crippen LogP contribution is 2.28. The van der Waals surface area contributed by atoms with E-state index in [1.165, 1.54) is 0 Å². The minimum Gasteiger partial charge on any atom is -0.311 e. The molecule has 0 aliphatic carbocycles. The first-order valence-electron chi connectivity index (χ1n) is 4.84. The lowest BCUT2D eigenvalue weighted by Crippen LogP contribution is -2.41.